The van der Waals surface area contributed by atoms with Crippen molar-refractivity contribution in [3.05, 3.63) is 12.0 Å². The van der Waals surface area contributed by atoms with Crippen molar-refractivity contribution in [3.8, 4) is 0 Å². The lowest BCUT2D eigenvalue weighted by Crippen LogP contribution is -2.32. The van der Waals surface area contributed by atoms with E-state index in [2.05, 4.69) is 25.3 Å². The molecule has 2 aliphatic rings. The summed E-state index contributed by atoms with van der Waals surface area (Å²) in [7, 11) is 1.87. The van der Waals surface area contributed by atoms with Crippen LogP contribution in [0.1, 0.15) is 55.6 Å². The number of rotatable bonds is 4. The second-order valence-corrected chi connectivity index (χ2v) is 7.32. The molecule has 0 radical (unpaired) electrons. The van der Waals surface area contributed by atoms with E-state index in [4.69, 9.17) is 0 Å². The van der Waals surface area contributed by atoms with Gasteiger partial charge >= 0.3 is 0 Å². The Kier molecular flexibility index (Phi) is 4.55. The van der Waals surface area contributed by atoms with Crippen molar-refractivity contribution in [2.24, 2.45) is 13.0 Å². The minimum atomic E-state index is -0.182. The Labute approximate surface area is 147 Å². The van der Waals surface area contributed by atoms with Gasteiger partial charge in [0.05, 0.1) is 5.39 Å². The first-order chi connectivity index (χ1) is 12.2. The number of amides is 1. The van der Waals surface area contributed by atoms with Crippen molar-refractivity contribution in [2.45, 2.75) is 44.9 Å². The highest BCUT2D eigenvalue weighted by atomic mass is 16.2. The minimum Gasteiger partial charge on any atom is -0.356 e. The average Bonchev–Trinajstić information content (AvgIpc) is 3.28. The van der Waals surface area contributed by atoms with Crippen LogP contribution in [0, 0.1) is 5.92 Å². The number of nitrogens with one attached hydrogen (secondary N) is 1. The number of aromatic nitrogens is 4. The number of hydrogen-bond acceptors (Lipinski definition) is 5. The Hall–Kier alpha value is -2.18. The lowest BCUT2D eigenvalue weighted by molar-refractivity contribution is 0.0933. The lowest BCUT2D eigenvalue weighted by atomic mass is 9.89. The van der Waals surface area contributed by atoms with E-state index in [0.717, 1.165) is 43.7 Å². The maximum atomic E-state index is 12.6. The third kappa shape index (κ3) is 3.45. The Balaban J connectivity index is 1.56. The van der Waals surface area contributed by atoms with Gasteiger partial charge in [0.2, 0.25) is 5.82 Å². The summed E-state index contributed by atoms with van der Waals surface area (Å²) in [5, 5.41) is 8.36. The highest BCUT2D eigenvalue weighted by Crippen LogP contribution is 2.26. The monoisotopic (exact) mass is 342 g/mol. The van der Waals surface area contributed by atoms with Gasteiger partial charge in [0.1, 0.15) is 5.82 Å². The summed E-state index contributed by atoms with van der Waals surface area (Å²) < 4.78 is 1.74. The summed E-state index contributed by atoms with van der Waals surface area (Å²) in [6.07, 6.45) is 10.5. The zero-order valence-electron chi connectivity index (χ0n) is 14.9. The number of carbonyl (C=O) groups excluding carboxylic acids is 1. The molecule has 7 heteroatoms. The summed E-state index contributed by atoms with van der Waals surface area (Å²) in [6.45, 7) is 2.68. The largest absolute Gasteiger partial charge is 0.356 e. The van der Waals surface area contributed by atoms with Gasteiger partial charge in [-0.3, -0.25) is 9.48 Å². The van der Waals surface area contributed by atoms with Gasteiger partial charge in [-0.2, -0.15) is 5.10 Å². The predicted octanol–water partition coefficient (Wildman–Crippen LogP) is 2.27. The number of fused-ring (bicyclic) bond motifs is 1. The van der Waals surface area contributed by atoms with Crippen LogP contribution in [-0.2, 0) is 7.05 Å². The van der Waals surface area contributed by atoms with Gasteiger partial charge in [-0.1, -0.05) is 19.3 Å². The molecule has 0 spiro atoms. The van der Waals surface area contributed by atoms with E-state index < -0.39 is 0 Å². The first kappa shape index (κ1) is 16.3. The normalized spacial score (nSPS) is 18.8. The van der Waals surface area contributed by atoms with Crippen molar-refractivity contribution >= 4 is 22.8 Å². The van der Waals surface area contributed by atoms with E-state index in [1.165, 1.54) is 32.1 Å². The average molecular weight is 342 g/mol. The van der Waals surface area contributed by atoms with Crippen LogP contribution < -0.4 is 10.2 Å². The fourth-order valence-corrected chi connectivity index (χ4v) is 3.98. The smallest absolute Gasteiger partial charge is 0.289 e. The van der Waals surface area contributed by atoms with Crippen LogP contribution in [0.3, 0.4) is 0 Å². The molecule has 1 aliphatic carbocycles. The van der Waals surface area contributed by atoms with Gasteiger partial charge in [0.25, 0.3) is 5.91 Å². The number of carbonyl (C=O) groups is 1. The predicted molar refractivity (Wildman–Crippen MR) is 96.7 cm³/mol. The zero-order chi connectivity index (χ0) is 17.2. The highest BCUT2D eigenvalue weighted by Gasteiger charge is 2.23. The van der Waals surface area contributed by atoms with Gasteiger partial charge in [-0.05, 0) is 31.6 Å². The third-order valence-electron chi connectivity index (χ3n) is 5.36. The molecular formula is C18H26N6O. The van der Waals surface area contributed by atoms with Crippen LogP contribution >= 0.6 is 0 Å². The van der Waals surface area contributed by atoms with E-state index in [-0.39, 0.29) is 11.7 Å². The number of hydrogen-bond donors (Lipinski definition) is 1. The first-order valence-corrected chi connectivity index (χ1v) is 9.45. The molecule has 2 aromatic heterocycles. The number of anilines is 1. The highest BCUT2D eigenvalue weighted by molar-refractivity contribution is 5.95. The third-order valence-corrected chi connectivity index (χ3v) is 5.36. The van der Waals surface area contributed by atoms with Gasteiger partial charge in [0, 0.05) is 32.9 Å². The van der Waals surface area contributed by atoms with Crippen molar-refractivity contribution in [3.63, 3.8) is 0 Å². The van der Waals surface area contributed by atoms with Crippen LogP contribution in [0.4, 0.5) is 5.82 Å². The molecule has 2 fully saturated rings. The SMILES string of the molecule is Cn1cc2c(N3CCCC3)nc(C(=O)NCC3CCCCC3)nc2n1. The molecule has 0 atom stereocenters. The molecule has 1 amide bonds. The van der Waals surface area contributed by atoms with Crippen LogP contribution in [0.25, 0.3) is 11.0 Å². The Morgan fingerprint density at radius 2 is 1.92 bits per heavy atom. The minimum absolute atomic E-state index is 0.182. The summed E-state index contributed by atoms with van der Waals surface area (Å²) in [5.74, 6) is 1.50. The van der Waals surface area contributed by atoms with Crippen molar-refractivity contribution in [1.29, 1.82) is 0 Å². The van der Waals surface area contributed by atoms with Crippen LogP contribution in [0.15, 0.2) is 6.20 Å². The quantitative estimate of drug-likeness (QED) is 0.922. The van der Waals surface area contributed by atoms with E-state index in [9.17, 15) is 4.79 Å². The van der Waals surface area contributed by atoms with E-state index in [0.29, 0.717) is 11.6 Å². The summed E-state index contributed by atoms with van der Waals surface area (Å²) in [5.41, 5.74) is 0.599. The van der Waals surface area contributed by atoms with Gasteiger partial charge in [-0.25, -0.2) is 9.97 Å². The van der Waals surface area contributed by atoms with Crippen LogP contribution in [0.2, 0.25) is 0 Å². The molecule has 3 heterocycles. The van der Waals surface area contributed by atoms with Gasteiger partial charge < -0.3 is 10.2 Å². The Bertz CT molecular complexity index is 758. The van der Waals surface area contributed by atoms with Crippen LogP contribution in [-0.4, -0.2) is 45.3 Å². The molecule has 134 valence electrons. The van der Waals surface area contributed by atoms with Crippen molar-refractivity contribution in [1.82, 2.24) is 25.1 Å². The maximum Gasteiger partial charge on any atom is 0.289 e. The molecule has 1 aliphatic heterocycles. The fourth-order valence-electron chi connectivity index (χ4n) is 3.98. The number of nitrogens with zero attached hydrogens (tertiary/aromatic N) is 5. The number of aryl methyl sites for hydroxylation is 1. The summed E-state index contributed by atoms with van der Waals surface area (Å²) in [6, 6.07) is 0. The molecule has 2 aromatic rings. The van der Waals surface area contributed by atoms with Crippen LogP contribution in [0.5, 0.6) is 0 Å². The van der Waals surface area contributed by atoms with E-state index >= 15 is 0 Å². The molecule has 7 nitrogen and oxygen atoms in total. The molecule has 25 heavy (non-hydrogen) atoms. The van der Waals surface area contributed by atoms with Crippen molar-refractivity contribution < 1.29 is 4.79 Å². The topological polar surface area (TPSA) is 75.9 Å². The lowest BCUT2D eigenvalue weighted by Gasteiger charge is -2.21. The van der Waals surface area contributed by atoms with Crippen molar-refractivity contribution in [2.75, 3.05) is 24.5 Å². The molecule has 4 rings (SSSR count). The fraction of sp³-hybridized carbons (Fsp3) is 0.667. The summed E-state index contributed by atoms with van der Waals surface area (Å²) >= 11 is 0. The molecule has 1 saturated heterocycles. The Morgan fingerprint density at radius 1 is 1.16 bits per heavy atom. The van der Waals surface area contributed by atoms with E-state index in [1.807, 2.05) is 13.2 Å². The first-order valence-electron chi connectivity index (χ1n) is 9.45. The standard InChI is InChI=1S/C18H26N6O/c1-23-12-14-15(22-23)20-16(21-17(14)24-9-5-6-10-24)18(25)19-11-13-7-3-2-4-8-13/h12-13H,2-11H2,1H3,(H,19,25). The Morgan fingerprint density at radius 3 is 2.68 bits per heavy atom. The molecule has 0 aromatic carbocycles. The molecular weight excluding hydrogens is 316 g/mol. The zero-order valence-corrected chi connectivity index (χ0v) is 14.9. The molecule has 0 unspecified atom stereocenters. The second kappa shape index (κ2) is 6.98. The molecule has 0 bridgehead atoms. The van der Waals surface area contributed by atoms with Gasteiger partial charge in [0.15, 0.2) is 5.65 Å². The molecule has 1 N–H and O–H groups in total. The maximum absolute atomic E-state index is 12.6. The van der Waals surface area contributed by atoms with E-state index in [1.54, 1.807) is 4.68 Å². The molecule has 1 saturated carbocycles. The second-order valence-electron chi connectivity index (χ2n) is 7.32. The van der Waals surface area contributed by atoms with Gasteiger partial charge in [-0.15, -0.1) is 0 Å². The summed E-state index contributed by atoms with van der Waals surface area (Å²) in [4.78, 5) is 23.9.